The van der Waals surface area contributed by atoms with Crippen molar-refractivity contribution in [2.24, 2.45) is 0 Å². The highest BCUT2D eigenvalue weighted by Gasteiger charge is 2.12. The van der Waals surface area contributed by atoms with Crippen LogP contribution in [-0.4, -0.2) is 10.2 Å². The van der Waals surface area contributed by atoms with Crippen LogP contribution in [0, 0.1) is 0 Å². The van der Waals surface area contributed by atoms with Gasteiger partial charge in [0.05, 0.1) is 22.6 Å². The lowest BCUT2D eigenvalue weighted by atomic mass is 10.1. The van der Waals surface area contributed by atoms with Crippen LogP contribution in [0.1, 0.15) is 11.1 Å². The van der Waals surface area contributed by atoms with E-state index in [4.69, 9.17) is 0 Å². The minimum atomic E-state index is 0.0854. The zero-order valence-corrected chi connectivity index (χ0v) is 12.2. The van der Waals surface area contributed by atoms with E-state index in [1.165, 1.54) is 29.6 Å². The maximum Gasteiger partial charge on any atom is 0.0682 e. The van der Waals surface area contributed by atoms with E-state index in [0.29, 0.717) is 0 Å². The Hall–Kier alpha value is -1.46. The minimum Gasteiger partial charge on any atom is -0.392 e. The second-order valence-corrected chi connectivity index (χ2v) is 6.94. The molecule has 4 heteroatoms. The molecule has 20 heavy (non-hydrogen) atoms. The van der Waals surface area contributed by atoms with Crippen LogP contribution in [0.15, 0.2) is 36.4 Å². The van der Waals surface area contributed by atoms with Crippen LogP contribution >= 0.6 is 22.7 Å². The molecule has 0 radical (unpaired) electrons. The van der Waals surface area contributed by atoms with Crippen LogP contribution in [0.2, 0.25) is 0 Å². The van der Waals surface area contributed by atoms with Gasteiger partial charge < -0.3 is 10.2 Å². The molecule has 0 atom stereocenters. The van der Waals surface area contributed by atoms with Crippen molar-refractivity contribution in [3.05, 3.63) is 47.5 Å². The topological polar surface area (TPSA) is 40.5 Å². The van der Waals surface area contributed by atoms with Gasteiger partial charge in [-0.05, 0) is 23.3 Å². The fraction of sp³-hybridized carbons (Fsp3) is 0.125. The van der Waals surface area contributed by atoms with Crippen LogP contribution in [0.4, 0.5) is 0 Å². The molecule has 100 valence electrons. The Morgan fingerprint density at radius 2 is 1.15 bits per heavy atom. The third-order valence-electron chi connectivity index (χ3n) is 3.58. The molecule has 0 amide bonds. The first kappa shape index (κ1) is 12.3. The van der Waals surface area contributed by atoms with Crippen molar-refractivity contribution in [2.45, 2.75) is 13.2 Å². The summed E-state index contributed by atoms with van der Waals surface area (Å²) in [7, 11) is 0. The van der Waals surface area contributed by atoms with Gasteiger partial charge in [0.15, 0.2) is 0 Å². The average molecular weight is 300 g/mol. The number of hydrogen-bond acceptors (Lipinski definition) is 4. The molecular weight excluding hydrogens is 288 g/mol. The lowest BCUT2D eigenvalue weighted by molar-refractivity contribution is 0.282. The monoisotopic (exact) mass is 300 g/mol. The molecule has 0 aliphatic rings. The second kappa shape index (κ2) is 4.53. The highest BCUT2D eigenvalue weighted by atomic mass is 32.1. The zero-order chi connectivity index (χ0) is 13.7. The van der Waals surface area contributed by atoms with Crippen molar-refractivity contribution >= 4 is 52.2 Å². The van der Waals surface area contributed by atoms with Gasteiger partial charge in [-0.2, -0.15) is 0 Å². The van der Waals surface area contributed by atoms with Crippen LogP contribution in [0.25, 0.3) is 29.6 Å². The molecule has 0 aliphatic heterocycles. The van der Waals surface area contributed by atoms with Crippen LogP contribution < -0.4 is 0 Å². The summed E-state index contributed by atoms with van der Waals surface area (Å²) >= 11 is 3.56. The van der Waals surface area contributed by atoms with Crippen LogP contribution in [-0.2, 0) is 13.2 Å². The molecule has 2 N–H and O–H groups in total. The first-order valence-electron chi connectivity index (χ1n) is 6.38. The van der Waals surface area contributed by atoms with Gasteiger partial charge in [-0.3, -0.25) is 0 Å². The Bertz CT molecular complexity index is 856. The van der Waals surface area contributed by atoms with E-state index in [1.807, 2.05) is 12.1 Å². The van der Waals surface area contributed by atoms with Crippen molar-refractivity contribution in [3.63, 3.8) is 0 Å². The summed E-state index contributed by atoms with van der Waals surface area (Å²) in [6.07, 6.45) is 0. The summed E-state index contributed by atoms with van der Waals surface area (Å²) in [6, 6.07) is 12.3. The van der Waals surface area contributed by atoms with Gasteiger partial charge >= 0.3 is 0 Å². The van der Waals surface area contributed by atoms with Crippen molar-refractivity contribution in [3.8, 4) is 0 Å². The third-order valence-corrected chi connectivity index (χ3v) is 6.08. The van der Waals surface area contributed by atoms with Gasteiger partial charge in [0, 0.05) is 20.2 Å². The molecular formula is C16H12O2S2. The molecule has 0 aliphatic carbocycles. The fourth-order valence-electron chi connectivity index (χ4n) is 2.54. The first-order valence-corrected chi connectivity index (χ1v) is 8.02. The van der Waals surface area contributed by atoms with E-state index < -0.39 is 0 Å². The molecule has 2 nitrogen and oxygen atoms in total. The van der Waals surface area contributed by atoms with Gasteiger partial charge in [0.25, 0.3) is 0 Å². The summed E-state index contributed by atoms with van der Waals surface area (Å²) in [4.78, 5) is 0. The summed E-state index contributed by atoms with van der Waals surface area (Å²) in [6.45, 7) is 0.171. The Balaban J connectivity index is 2.08. The Morgan fingerprint density at radius 3 is 1.55 bits per heavy atom. The van der Waals surface area contributed by atoms with E-state index in [0.717, 1.165) is 11.1 Å². The van der Waals surface area contributed by atoms with Gasteiger partial charge in [-0.1, -0.05) is 24.3 Å². The van der Waals surface area contributed by atoms with Gasteiger partial charge in [0.1, 0.15) is 0 Å². The van der Waals surface area contributed by atoms with Crippen molar-refractivity contribution in [1.82, 2.24) is 0 Å². The maximum atomic E-state index is 9.24. The van der Waals surface area contributed by atoms with Gasteiger partial charge in [-0.25, -0.2) is 0 Å². The molecule has 2 aromatic heterocycles. The molecule has 0 saturated heterocycles. The molecule has 0 bridgehead atoms. The Morgan fingerprint density at radius 1 is 0.700 bits per heavy atom. The normalized spacial score (nSPS) is 11.9. The number of aliphatic hydroxyl groups excluding tert-OH is 2. The second-order valence-electron chi connectivity index (χ2n) is 4.84. The van der Waals surface area contributed by atoms with E-state index >= 15 is 0 Å². The molecule has 0 fully saturated rings. The molecule has 0 saturated carbocycles. The Labute approximate surface area is 123 Å². The number of fused-ring (bicyclic) bond motifs is 5. The van der Waals surface area contributed by atoms with Crippen LogP contribution in [0.5, 0.6) is 0 Å². The van der Waals surface area contributed by atoms with E-state index in [-0.39, 0.29) is 13.2 Å². The minimum absolute atomic E-state index is 0.0854. The van der Waals surface area contributed by atoms with Crippen molar-refractivity contribution in [1.29, 1.82) is 0 Å². The summed E-state index contributed by atoms with van der Waals surface area (Å²) in [5.41, 5.74) is 1.91. The summed E-state index contributed by atoms with van der Waals surface area (Å²) < 4.78 is 5.07. The lowest BCUT2D eigenvalue weighted by Gasteiger charge is -1.96. The predicted molar refractivity (Wildman–Crippen MR) is 86.6 cm³/mol. The molecule has 4 rings (SSSR count). The molecule has 4 aromatic rings. The smallest absolute Gasteiger partial charge is 0.0682 e. The lowest BCUT2D eigenvalue weighted by Crippen LogP contribution is -1.80. The van der Waals surface area contributed by atoms with E-state index in [2.05, 4.69) is 24.3 Å². The molecule has 0 unspecified atom stereocenters. The van der Waals surface area contributed by atoms with E-state index in [1.54, 1.807) is 22.7 Å². The highest BCUT2D eigenvalue weighted by Crippen LogP contribution is 2.44. The average Bonchev–Trinajstić information content (AvgIpc) is 3.01. The molecule has 2 heterocycles. The number of rotatable bonds is 2. The quantitative estimate of drug-likeness (QED) is 0.581. The number of aliphatic hydroxyl groups is 2. The zero-order valence-electron chi connectivity index (χ0n) is 10.6. The van der Waals surface area contributed by atoms with Crippen LogP contribution in [0.3, 0.4) is 0 Å². The third kappa shape index (κ3) is 1.70. The van der Waals surface area contributed by atoms with Crippen molar-refractivity contribution in [2.75, 3.05) is 0 Å². The Kier molecular flexibility index (Phi) is 2.79. The number of benzene rings is 2. The van der Waals surface area contributed by atoms with Gasteiger partial charge in [-0.15, -0.1) is 22.7 Å². The van der Waals surface area contributed by atoms with Crippen molar-refractivity contribution < 1.29 is 10.2 Å². The van der Waals surface area contributed by atoms with E-state index in [9.17, 15) is 10.2 Å². The first-order chi connectivity index (χ1) is 9.80. The molecule has 2 aromatic carbocycles. The maximum absolute atomic E-state index is 9.24. The fourth-order valence-corrected chi connectivity index (χ4v) is 5.32. The predicted octanol–water partition coefficient (Wildman–Crippen LogP) is 4.25. The summed E-state index contributed by atoms with van der Waals surface area (Å²) in [5, 5.41) is 21.0. The highest BCUT2D eigenvalue weighted by molar-refractivity contribution is 7.36. The number of hydrogen-bond donors (Lipinski definition) is 2. The SMILES string of the molecule is OCc1ccc2c(c1)sc1c3ccc(CO)cc3sc21. The largest absolute Gasteiger partial charge is 0.392 e. The number of thiophene rings is 2. The van der Waals surface area contributed by atoms with Gasteiger partial charge in [0.2, 0.25) is 0 Å². The molecule has 0 spiro atoms. The standard InChI is InChI=1S/C16H12O2S2/c17-7-9-1-3-11-13(5-9)19-16-12-4-2-10(8-18)6-14(12)20-15(11)16/h1-6,17-18H,7-8H2. The summed E-state index contributed by atoms with van der Waals surface area (Å²) in [5.74, 6) is 0.